The topological polar surface area (TPSA) is 25.8 Å². The molecule has 102 valence electrons. The Kier molecular flexibility index (Phi) is 3.87. The molecular weight excluding hydrogens is 268 g/mol. The molecule has 0 N–H and O–H groups in total. The molecule has 3 aromatic rings. The Morgan fingerprint density at radius 3 is 1.86 bits per heavy atom. The highest BCUT2D eigenvalue weighted by Crippen LogP contribution is 2.06. The molecule has 0 spiro atoms. The zero-order valence-corrected chi connectivity index (χ0v) is 11.7. The molecule has 0 radical (unpaired) electrons. The van der Waals surface area contributed by atoms with Gasteiger partial charge in [0, 0.05) is 23.5 Å². The van der Waals surface area contributed by atoms with E-state index in [1.54, 1.807) is 24.4 Å². The Bertz CT molecular complexity index is 942. The van der Waals surface area contributed by atoms with Gasteiger partial charge in [0.25, 0.3) is 0 Å². The summed E-state index contributed by atoms with van der Waals surface area (Å²) in [6.07, 6.45) is 1.93. The molecule has 0 atom stereocenters. The molecule has 2 nitrogen and oxygen atoms in total. The fourth-order valence-corrected chi connectivity index (χ4v) is 1.80. The average molecular weight is 281 g/mol. The number of nitrogens with zero attached hydrogens (tertiary/aromatic N) is 2. The van der Waals surface area contributed by atoms with Crippen molar-refractivity contribution in [2.75, 3.05) is 0 Å². The molecule has 0 bridgehead atoms. The lowest BCUT2D eigenvalue weighted by Crippen LogP contribution is -1.85. The molecule has 0 saturated carbocycles. The van der Waals surface area contributed by atoms with E-state index in [-0.39, 0.29) is 6.17 Å². The van der Waals surface area contributed by atoms with Crippen LogP contribution in [0, 0.1) is 23.7 Å². The van der Waals surface area contributed by atoms with Crippen LogP contribution in [0.2, 0.25) is 0 Å². The van der Waals surface area contributed by atoms with E-state index in [9.17, 15) is 0 Å². The zero-order chi connectivity index (χ0) is 15.9. The van der Waals surface area contributed by atoms with Crippen molar-refractivity contribution in [3.63, 3.8) is 0 Å². The first-order valence-corrected chi connectivity index (χ1v) is 6.79. The van der Waals surface area contributed by atoms with E-state index >= 15 is 0 Å². The van der Waals surface area contributed by atoms with Crippen LogP contribution in [0.15, 0.2) is 73.0 Å². The highest BCUT2D eigenvalue weighted by molar-refractivity contribution is 5.53. The molecule has 0 amide bonds. The maximum atomic E-state index is 7.51. The van der Waals surface area contributed by atoms with Crippen molar-refractivity contribution in [1.82, 2.24) is 9.97 Å². The van der Waals surface area contributed by atoms with Gasteiger partial charge < -0.3 is 0 Å². The molecule has 2 heterocycles. The van der Waals surface area contributed by atoms with E-state index in [0.717, 1.165) is 16.8 Å². The molecule has 0 aliphatic heterocycles. The third-order valence-electron chi connectivity index (χ3n) is 2.85. The van der Waals surface area contributed by atoms with E-state index < -0.39 is 0 Å². The summed E-state index contributed by atoms with van der Waals surface area (Å²) in [5.41, 5.74) is 2.96. The Morgan fingerprint density at radius 2 is 1.23 bits per heavy atom. The van der Waals surface area contributed by atoms with Crippen molar-refractivity contribution >= 4 is 0 Å². The van der Waals surface area contributed by atoms with Gasteiger partial charge in [-0.2, -0.15) is 0 Å². The van der Waals surface area contributed by atoms with Gasteiger partial charge in [-0.05, 0) is 48.2 Å². The molecule has 0 aliphatic carbocycles. The van der Waals surface area contributed by atoms with Gasteiger partial charge in [0.2, 0.25) is 0 Å². The van der Waals surface area contributed by atoms with E-state index in [4.69, 9.17) is 1.37 Å². The van der Waals surface area contributed by atoms with Crippen LogP contribution in [0.1, 0.15) is 23.9 Å². The minimum Gasteiger partial charge on any atom is -0.248 e. The number of aromatic nitrogens is 2. The van der Waals surface area contributed by atoms with E-state index in [2.05, 4.69) is 33.6 Å². The van der Waals surface area contributed by atoms with Crippen molar-refractivity contribution < 1.29 is 1.37 Å². The lowest BCUT2D eigenvalue weighted by atomic mass is 10.1. The Morgan fingerprint density at radius 1 is 0.636 bits per heavy atom. The lowest BCUT2D eigenvalue weighted by Gasteiger charge is -1.95. The van der Waals surface area contributed by atoms with Gasteiger partial charge >= 0.3 is 0 Å². The summed E-state index contributed by atoms with van der Waals surface area (Å²) in [7, 11) is 0. The number of benzene rings is 1. The Hall–Kier alpha value is -3.36. The summed E-state index contributed by atoms with van der Waals surface area (Å²) in [6.45, 7) is 0. The van der Waals surface area contributed by atoms with Crippen LogP contribution >= 0.6 is 0 Å². The number of pyridine rings is 2. The van der Waals surface area contributed by atoms with Gasteiger partial charge in [0.05, 0.1) is 1.37 Å². The highest BCUT2D eigenvalue weighted by atomic mass is 14.6. The number of hydrogen-bond acceptors (Lipinski definition) is 2. The highest BCUT2D eigenvalue weighted by Gasteiger charge is 1.95. The molecular formula is C20H12N2. The van der Waals surface area contributed by atoms with Crippen molar-refractivity contribution in [2.45, 2.75) is 0 Å². The fraction of sp³-hybridized carbons (Fsp3) is 0. The Labute approximate surface area is 131 Å². The standard InChI is InChI=1S/C20H12N2/c1-2-8-18(12-14-20-10-4-6-16-22-20)17(7-1)11-13-19-9-3-5-15-21-19/h1-10,15-16H/i15D. The quantitative estimate of drug-likeness (QED) is 0.591. The maximum absolute atomic E-state index is 7.51. The summed E-state index contributed by atoms with van der Waals surface area (Å²) in [5.74, 6) is 12.2. The number of hydrogen-bond donors (Lipinski definition) is 0. The van der Waals surface area contributed by atoms with E-state index in [1.165, 1.54) is 0 Å². The first kappa shape index (κ1) is 12.4. The summed E-state index contributed by atoms with van der Waals surface area (Å²) in [5, 5.41) is 0. The molecule has 0 saturated heterocycles. The van der Waals surface area contributed by atoms with Crippen LogP contribution in [0.25, 0.3) is 0 Å². The van der Waals surface area contributed by atoms with Gasteiger partial charge in [0.15, 0.2) is 0 Å². The minimum absolute atomic E-state index is 0.208. The number of rotatable bonds is 0. The van der Waals surface area contributed by atoms with Gasteiger partial charge in [-0.1, -0.05) is 36.1 Å². The van der Waals surface area contributed by atoms with Crippen molar-refractivity contribution in [3.8, 4) is 23.7 Å². The average Bonchev–Trinajstić information content (AvgIpc) is 2.60. The minimum atomic E-state index is 0.208. The third-order valence-corrected chi connectivity index (χ3v) is 2.85. The van der Waals surface area contributed by atoms with Gasteiger partial charge in [0.1, 0.15) is 11.4 Å². The molecule has 0 fully saturated rings. The first-order chi connectivity index (χ1) is 11.3. The van der Waals surface area contributed by atoms with Gasteiger partial charge in [-0.3, -0.25) is 0 Å². The summed E-state index contributed by atoms with van der Waals surface area (Å²) in [6, 6.07) is 18.5. The molecule has 22 heavy (non-hydrogen) atoms. The molecule has 2 heteroatoms. The summed E-state index contributed by atoms with van der Waals surface area (Å²) < 4.78 is 7.51. The SMILES string of the molecule is [2H]c1cccc(C#Cc2ccccc2C#Cc2ccccn2)n1. The molecule has 3 rings (SSSR count). The van der Waals surface area contributed by atoms with Crippen LogP contribution in [0.4, 0.5) is 0 Å². The second kappa shape index (κ2) is 6.88. The predicted molar refractivity (Wildman–Crippen MR) is 86.9 cm³/mol. The molecule has 0 aliphatic rings. The molecule has 2 aromatic heterocycles. The van der Waals surface area contributed by atoms with Crippen molar-refractivity contribution in [3.05, 3.63) is 95.5 Å². The van der Waals surface area contributed by atoms with Crippen LogP contribution in [-0.2, 0) is 0 Å². The smallest absolute Gasteiger partial charge is 0.113 e. The monoisotopic (exact) mass is 281 g/mol. The van der Waals surface area contributed by atoms with Gasteiger partial charge in [-0.25, -0.2) is 9.97 Å². The second-order valence-electron chi connectivity index (χ2n) is 4.41. The van der Waals surface area contributed by atoms with Crippen LogP contribution < -0.4 is 0 Å². The summed E-state index contributed by atoms with van der Waals surface area (Å²) in [4.78, 5) is 8.24. The van der Waals surface area contributed by atoms with Crippen molar-refractivity contribution in [1.29, 1.82) is 0 Å². The third kappa shape index (κ3) is 3.60. The lowest BCUT2D eigenvalue weighted by molar-refractivity contribution is 1.29. The first-order valence-electron chi connectivity index (χ1n) is 7.29. The molecule has 1 aromatic carbocycles. The predicted octanol–water partition coefficient (Wildman–Crippen LogP) is 3.28. The van der Waals surface area contributed by atoms with E-state index in [0.29, 0.717) is 5.69 Å². The second-order valence-corrected chi connectivity index (χ2v) is 4.41. The largest absolute Gasteiger partial charge is 0.248 e. The normalized spacial score (nSPS) is 9.73. The summed E-state index contributed by atoms with van der Waals surface area (Å²) >= 11 is 0. The zero-order valence-electron chi connectivity index (χ0n) is 12.7. The van der Waals surface area contributed by atoms with Crippen molar-refractivity contribution in [2.24, 2.45) is 0 Å². The Balaban J connectivity index is 1.92. The van der Waals surface area contributed by atoms with Gasteiger partial charge in [-0.15, -0.1) is 0 Å². The van der Waals surface area contributed by atoms with E-state index in [1.807, 2.05) is 42.5 Å². The fourth-order valence-electron chi connectivity index (χ4n) is 1.80. The maximum Gasteiger partial charge on any atom is 0.113 e. The van der Waals surface area contributed by atoms with Crippen LogP contribution in [-0.4, -0.2) is 9.97 Å². The van der Waals surface area contributed by atoms with Crippen LogP contribution in [0.3, 0.4) is 0 Å². The van der Waals surface area contributed by atoms with Crippen LogP contribution in [0.5, 0.6) is 0 Å². The molecule has 0 unspecified atom stereocenters.